The summed E-state index contributed by atoms with van der Waals surface area (Å²) in [6.45, 7) is 6.70. The molecule has 2 aromatic rings. The fourth-order valence-corrected chi connectivity index (χ4v) is 4.85. The maximum absolute atomic E-state index is 13.4. The van der Waals surface area contributed by atoms with E-state index in [1.54, 1.807) is 6.07 Å². The fraction of sp³-hybridized carbons (Fsp3) is 0.520. The highest BCUT2D eigenvalue weighted by Crippen LogP contribution is 2.36. The Labute approximate surface area is 193 Å². The van der Waals surface area contributed by atoms with Gasteiger partial charge in [-0.3, -0.25) is 9.69 Å². The van der Waals surface area contributed by atoms with Gasteiger partial charge in [0.05, 0.1) is 21.8 Å². The molecule has 4 nitrogen and oxygen atoms in total. The molecular formula is C25H30ClF2N3O. The molecule has 2 heterocycles. The van der Waals surface area contributed by atoms with Crippen LogP contribution < -0.4 is 5.32 Å². The summed E-state index contributed by atoms with van der Waals surface area (Å²) in [5.41, 5.74) is 3.27. The summed E-state index contributed by atoms with van der Waals surface area (Å²) in [5, 5.41) is 3.98. The Bertz CT molecular complexity index is 1030. The molecule has 0 radical (unpaired) electrons. The monoisotopic (exact) mass is 461 g/mol. The van der Waals surface area contributed by atoms with Crippen LogP contribution in [0.3, 0.4) is 0 Å². The highest BCUT2D eigenvalue weighted by molar-refractivity contribution is 6.35. The molecule has 1 aliphatic carbocycles. The number of amides is 1. The number of hydrogen-bond donors (Lipinski definition) is 1. The number of benzene rings is 1. The van der Waals surface area contributed by atoms with E-state index in [1.807, 2.05) is 18.2 Å². The summed E-state index contributed by atoms with van der Waals surface area (Å²) in [6.07, 6.45) is 3.79. The number of carbonyl (C=O) groups is 1. The molecule has 172 valence electrons. The van der Waals surface area contributed by atoms with Gasteiger partial charge < -0.3 is 5.32 Å². The highest BCUT2D eigenvalue weighted by Gasteiger charge is 2.35. The largest absolute Gasteiger partial charge is 0.352 e. The highest BCUT2D eigenvalue weighted by atomic mass is 35.5. The number of nitrogens with zero attached hydrogens (tertiary/aromatic N) is 2. The van der Waals surface area contributed by atoms with Crippen LogP contribution in [-0.2, 0) is 0 Å². The van der Waals surface area contributed by atoms with Crippen LogP contribution in [0.15, 0.2) is 30.3 Å². The molecule has 2 aliphatic rings. The standard InChI is InChI=1S/C25H30ClF2N3O/c1-16(2)31-13-9-18(10-14-31)21-5-3-19-22(30-21)6-4-20(26)23(19)24(32)29-15-17-7-11-25(27,28)12-8-17/h3-6,9,16-17H,7-8,10-15H2,1-2H3,(H,29,32). The molecule has 1 amide bonds. The van der Waals surface area contributed by atoms with Gasteiger partial charge >= 0.3 is 0 Å². The summed E-state index contributed by atoms with van der Waals surface area (Å²) < 4.78 is 26.7. The summed E-state index contributed by atoms with van der Waals surface area (Å²) in [6, 6.07) is 7.92. The van der Waals surface area contributed by atoms with Crippen LogP contribution in [0.1, 0.15) is 62.0 Å². The van der Waals surface area contributed by atoms with Crippen LogP contribution in [0, 0.1) is 5.92 Å². The number of carbonyl (C=O) groups excluding carboxylic acids is 1. The van der Waals surface area contributed by atoms with E-state index in [0.29, 0.717) is 41.4 Å². The van der Waals surface area contributed by atoms with Gasteiger partial charge in [-0.15, -0.1) is 0 Å². The van der Waals surface area contributed by atoms with Crippen LogP contribution in [0.2, 0.25) is 5.02 Å². The summed E-state index contributed by atoms with van der Waals surface area (Å²) >= 11 is 6.39. The van der Waals surface area contributed by atoms with Gasteiger partial charge in [0.25, 0.3) is 5.91 Å². The number of rotatable bonds is 5. The van der Waals surface area contributed by atoms with Crippen molar-refractivity contribution in [3.05, 3.63) is 46.6 Å². The van der Waals surface area contributed by atoms with Crippen LogP contribution in [-0.4, -0.2) is 47.4 Å². The second kappa shape index (κ2) is 9.44. The SMILES string of the molecule is CC(C)N1CC=C(c2ccc3c(C(=O)NCC4CCC(F)(F)CC4)c(Cl)ccc3n2)CC1. The number of aromatic nitrogens is 1. The van der Waals surface area contributed by atoms with Gasteiger partial charge in [-0.05, 0) is 68.9 Å². The molecule has 1 aromatic carbocycles. The second-order valence-corrected chi connectivity index (χ2v) is 9.67. The van der Waals surface area contributed by atoms with Gasteiger partial charge in [0, 0.05) is 43.9 Å². The van der Waals surface area contributed by atoms with Crippen molar-refractivity contribution in [2.75, 3.05) is 19.6 Å². The van der Waals surface area contributed by atoms with E-state index < -0.39 is 5.92 Å². The van der Waals surface area contributed by atoms with Crippen molar-refractivity contribution in [2.45, 2.75) is 57.9 Å². The smallest absolute Gasteiger partial charge is 0.253 e. The summed E-state index contributed by atoms with van der Waals surface area (Å²) in [5.74, 6) is -2.78. The lowest BCUT2D eigenvalue weighted by Gasteiger charge is -2.29. The second-order valence-electron chi connectivity index (χ2n) is 9.26. The lowest BCUT2D eigenvalue weighted by atomic mass is 9.87. The first-order chi connectivity index (χ1) is 15.2. The molecule has 1 aliphatic heterocycles. The Balaban J connectivity index is 1.50. The number of fused-ring (bicyclic) bond motifs is 1. The molecule has 1 aromatic heterocycles. The topological polar surface area (TPSA) is 45.2 Å². The minimum absolute atomic E-state index is 0.0701. The van der Waals surface area contributed by atoms with Gasteiger partial charge in [-0.2, -0.15) is 0 Å². The first-order valence-electron chi connectivity index (χ1n) is 11.4. The number of alkyl halides is 2. The minimum Gasteiger partial charge on any atom is -0.352 e. The predicted octanol–water partition coefficient (Wildman–Crippen LogP) is 5.94. The van der Waals surface area contributed by atoms with Crippen LogP contribution in [0.5, 0.6) is 0 Å². The third kappa shape index (κ3) is 5.12. The van der Waals surface area contributed by atoms with E-state index in [2.05, 4.69) is 30.1 Å². The first kappa shape index (κ1) is 23.1. The molecule has 0 saturated heterocycles. The Morgan fingerprint density at radius 2 is 2.00 bits per heavy atom. The van der Waals surface area contributed by atoms with Crippen molar-refractivity contribution in [1.82, 2.24) is 15.2 Å². The zero-order valence-corrected chi connectivity index (χ0v) is 19.4. The van der Waals surface area contributed by atoms with E-state index in [9.17, 15) is 13.6 Å². The normalized spacial score (nSPS) is 19.9. The van der Waals surface area contributed by atoms with Gasteiger partial charge in [0.2, 0.25) is 5.92 Å². The Kier molecular flexibility index (Phi) is 6.82. The predicted molar refractivity (Wildman–Crippen MR) is 125 cm³/mol. The maximum atomic E-state index is 13.4. The molecule has 0 spiro atoms. The lowest BCUT2D eigenvalue weighted by Crippen LogP contribution is -2.34. The number of pyridine rings is 1. The van der Waals surface area contributed by atoms with Gasteiger partial charge in [-0.25, -0.2) is 13.8 Å². The third-order valence-corrected chi connectivity index (χ3v) is 7.05. The molecule has 0 atom stereocenters. The van der Waals surface area contributed by atoms with E-state index in [-0.39, 0.29) is 24.7 Å². The minimum atomic E-state index is -2.57. The molecular weight excluding hydrogens is 432 g/mol. The summed E-state index contributed by atoms with van der Waals surface area (Å²) in [7, 11) is 0. The van der Waals surface area contributed by atoms with Crippen molar-refractivity contribution in [3.63, 3.8) is 0 Å². The Morgan fingerprint density at radius 3 is 2.66 bits per heavy atom. The van der Waals surface area contributed by atoms with E-state index in [1.165, 1.54) is 5.57 Å². The molecule has 0 bridgehead atoms. The quantitative estimate of drug-likeness (QED) is 0.599. The van der Waals surface area contributed by atoms with Gasteiger partial charge in [0.15, 0.2) is 0 Å². The fourth-order valence-electron chi connectivity index (χ4n) is 4.60. The van der Waals surface area contributed by atoms with Crippen molar-refractivity contribution >= 4 is 34.0 Å². The molecule has 32 heavy (non-hydrogen) atoms. The van der Waals surface area contributed by atoms with Gasteiger partial charge in [-0.1, -0.05) is 17.7 Å². The molecule has 7 heteroatoms. The molecule has 4 rings (SSSR count). The van der Waals surface area contributed by atoms with Crippen molar-refractivity contribution in [3.8, 4) is 0 Å². The van der Waals surface area contributed by atoms with Crippen LogP contribution in [0.25, 0.3) is 16.5 Å². The van der Waals surface area contributed by atoms with Crippen molar-refractivity contribution < 1.29 is 13.6 Å². The van der Waals surface area contributed by atoms with E-state index in [4.69, 9.17) is 16.6 Å². The average molecular weight is 462 g/mol. The van der Waals surface area contributed by atoms with Crippen LogP contribution in [0.4, 0.5) is 8.78 Å². The lowest BCUT2D eigenvalue weighted by molar-refractivity contribution is -0.0452. The number of hydrogen-bond acceptors (Lipinski definition) is 3. The van der Waals surface area contributed by atoms with Crippen LogP contribution >= 0.6 is 11.6 Å². The average Bonchev–Trinajstić information content (AvgIpc) is 2.78. The van der Waals surface area contributed by atoms with Gasteiger partial charge in [0.1, 0.15) is 0 Å². The molecule has 1 N–H and O–H groups in total. The van der Waals surface area contributed by atoms with E-state index in [0.717, 1.165) is 30.7 Å². The molecule has 0 unspecified atom stereocenters. The van der Waals surface area contributed by atoms with Crippen molar-refractivity contribution in [2.24, 2.45) is 5.92 Å². The zero-order chi connectivity index (χ0) is 22.9. The van der Waals surface area contributed by atoms with Crippen molar-refractivity contribution in [1.29, 1.82) is 0 Å². The number of nitrogens with one attached hydrogen (secondary N) is 1. The maximum Gasteiger partial charge on any atom is 0.253 e. The Hall–Kier alpha value is -2.05. The first-order valence-corrected chi connectivity index (χ1v) is 11.8. The zero-order valence-electron chi connectivity index (χ0n) is 18.6. The molecule has 1 saturated carbocycles. The third-order valence-electron chi connectivity index (χ3n) is 6.74. The van der Waals surface area contributed by atoms with E-state index >= 15 is 0 Å². The number of halogens is 3. The summed E-state index contributed by atoms with van der Waals surface area (Å²) in [4.78, 5) is 20.2. The molecule has 1 fully saturated rings. The Morgan fingerprint density at radius 1 is 1.25 bits per heavy atom.